The zero-order valence-electron chi connectivity index (χ0n) is 10.9. The molecule has 1 saturated carbocycles. The fourth-order valence-corrected chi connectivity index (χ4v) is 2.51. The maximum absolute atomic E-state index is 11.5. The Hall–Kier alpha value is -0.570. The van der Waals surface area contributed by atoms with Crippen LogP contribution >= 0.6 is 0 Å². The van der Waals surface area contributed by atoms with Crippen molar-refractivity contribution in [2.75, 3.05) is 0 Å². The van der Waals surface area contributed by atoms with Crippen molar-refractivity contribution in [1.82, 2.24) is 0 Å². The average molecular weight is 227 g/mol. The number of hydrogen-bond donors (Lipinski definition) is 1. The molecular weight excluding hydrogens is 202 g/mol. The Labute approximate surface area is 98.7 Å². The molecular formula is C13H25NO2. The van der Waals surface area contributed by atoms with E-state index in [0.29, 0.717) is 17.8 Å². The molecule has 0 heterocycles. The van der Waals surface area contributed by atoms with Crippen molar-refractivity contribution in [2.45, 2.75) is 59.1 Å². The van der Waals surface area contributed by atoms with Gasteiger partial charge in [0.25, 0.3) is 0 Å². The summed E-state index contributed by atoms with van der Waals surface area (Å²) in [7, 11) is 0. The molecule has 3 nitrogen and oxygen atoms in total. The highest BCUT2D eigenvalue weighted by molar-refractivity contribution is 5.75. The normalized spacial score (nSPS) is 32.5. The molecule has 94 valence electrons. The largest absolute Gasteiger partial charge is 0.461 e. The highest BCUT2D eigenvalue weighted by atomic mass is 16.5. The first-order valence-electron chi connectivity index (χ1n) is 6.38. The number of nitrogens with two attached hydrogens (primary N) is 1. The van der Waals surface area contributed by atoms with Crippen LogP contribution in [-0.2, 0) is 9.53 Å². The fraction of sp³-hybridized carbons (Fsp3) is 0.923. The van der Waals surface area contributed by atoms with Crippen molar-refractivity contribution in [3.8, 4) is 0 Å². The Bertz CT molecular complexity index is 238. The predicted molar refractivity (Wildman–Crippen MR) is 64.9 cm³/mol. The third kappa shape index (κ3) is 3.48. The van der Waals surface area contributed by atoms with Crippen LogP contribution in [0, 0.1) is 17.8 Å². The predicted octanol–water partition coefficient (Wildman–Crippen LogP) is 2.34. The Kier molecular flexibility index (Phi) is 4.78. The average Bonchev–Trinajstić information content (AvgIpc) is 2.16. The second-order valence-electron chi connectivity index (χ2n) is 5.59. The SMILES string of the molecule is CC1CCC(C(C)C)C(OC(=O)[C@@H](C)N)C1. The zero-order chi connectivity index (χ0) is 12.3. The van der Waals surface area contributed by atoms with Gasteiger partial charge in [0.05, 0.1) is 0 Å². The second-order valence-corrected chi connectivity index (χ2v) is 5.59. The summed E-state index contributed by atoms with van der Waals surface area (Å²) in [6.45, 7) is 8.31. The molecule has 0 radical (unpaired) electrons. The van der Waals surface area contributed by atoms with Crippen molar-refractivity contribution < 1.29 is 9.53 Å². The van der Waals surface area contributed by atoms with Crippen molar-refractivity contribution in [3.05, 3.63) is 0 Å². The van der Waals surface area contributed by atoms with Gasteiger partial charge in [-0.05, 0) is 37.5 Å². The first-order valence-corrected chi connectivity index (χ1v) is 6.38. The lowest BCUT2D eigenvalue weighted by Gasteiger charge is -2.37. The topological polar surface area (TPSA) is 52.3 Å². The molecule has 1 aliphatic carbocycles. The molecule has 0 amide bonds. The maximum Gasteiger partial charge on any atom is 0.322 e. The van der Waals surface area contributed by atoms with E-state index in [1.54, 1.807) is 6.92 Å². The zero-order valence-corrected chi connectivity index (χ0v) is 10.9. The Morgan fingerprint density at radius 1 is 1.31 bits per heavy atom. The Morgan fingerprint density at radius 2 is 1.94 bits per heavy atom. The van der Waals surface area contributed by atoms with Crippen LogP contribution in [0.15, 0.2) is 0 Å². The van der Waals surface area contributed by atoms with Gasteiger partial charge in [0.1, 0.15) is 12.1 Å². The lowest BCUT2D eigenvalue weighted by Crippen LogP contribution is -2.39. The van der Waals surface area contributed by atoms with Crippen molar-refractivity contribution in [1.29, 1.82) is 0 Å². The van der Waals surface area contributed by atoms with Crippen molar-refractivity contribution >= 4 is 5.97 Å². The van der Waals surface area contributed by atoms with Gasteiger partial charge in [-0.3, -0.25) is 4.79 Å². The van der Waals surface area contributed by atoms with Gasteiger partial charge in [-0.25, -0.2) is 0 Å². The first kappa shape index (κ1) is 13.5. The van der Waals surface area contributed by atoms with Crippen LogP contribution in [-0.4, -0.2) is 18.1 Å². The van der Waals surface area contributed by atoms with E-state index in [-0.39, 0.29) is 12.1 Å². The quantitative estimate of drug-likeness (QED) is 0.753. The molecule has 2 N–H and O–H groups in total. The Morgan fingerprint density at radius 3 is 2.44 bits per heavy atom. The van der Waals surface area contributed by atoms with Crippen LogP contribution in [0.2, 0.25) is 0 Å². The molecule has 0 aromatic rings. The van der Waals surface area contributed by atoms with Crippen molar-refractivity contribution in [3.63, 3.8) is 0 Å². The number of esters is 1. The van der Waals surface area contributed by atoms with E-state index in [0.717, 1.165) is 12.8 Å². The number of rotatable bonds is 3. The molecule has 0 bridgehead atoms. The van der Waals surface area contributed by atoms with E-state index in [1.165, 1.54) is 6.42 Å². The molecule has 16 heavy (non-hydrogen) atoms. The second kappa shape index (κ2) is 5.67. The van der Waals surface area contributed by atoms with Crippen molar-refractivity contribution in [2.24, 2.45) is 23.5 Å². The highest BCUT2D eigenvalue weighted by Crippen LogP contribution is 2.35. The number of ether oxygens (including phenoxy) is 1. The minimum atomic E-state index is -0.509. The van der Waals surface area contributed by atoms with E-state index < -0.39 is 6.04 Å². The summed E-state index contributed by atoms with van der Waals surface area (Å²) >= 11 is 0. The molecule has 0 spiro atoms. The van der Waals surface area contributed by atoms with Crippen LogP contribution in [0.4, 0.5) is 0 Å². The van der Waals surface area contributed by atoms with Crippen LogP contribution in [0.1, 0.15) is 47.0 Å². The fourth-order valence-electron chi connectivity index (χ4n) is 2.51. The van der Waals surface area contributed by atoms with Crippen LogP contribution < -0.4 is 5.73 Å². The monoisotopic (exact) mass is 227 g/mol. The van der Waals surface area contributed by atoms with Crippen LogP contribution in [0.25, 0.3) is 0 Å². The number of carbonyl (C=O) groups is 1. The summed E-state index contributed by atoms with van der Waals surface area (Å²) in [4.78, 5) is 11.5. The lowest BCUT2D eigenvalue weighted by atomic mass is 9.75. The van der Waals surface area contributed by atoms with E-state index >= 15 is 0 Å². The highest BCUT2D eigenvalue weighted by Gasteiger charge is 2.33. The molecule has 1 rings (SSSR count). The minimum absolute atomic E-state index is 0.0715. The van der Waals surface area contributed by atoms with Gasteiger partial charge in [-0.2, -0.15) is 0 Å². The van der Waals surface area contributed by atoms with Gasteiger partial charge >= 0.3 is 5.97 Å². The van der Waals surface area contributed by atoms with Gasteiger partial charge in [0.15, 0.2) is 0 Å². The van der Waals surface area contributed by atoms with E-state index in [4.69, 9.17) is 10.5 Å². The summed E-state index contributed by atoms with van der Waals surface area (Å²) in [6.07, 6.45) is 3.47. The van der Waals surface area contributed by atoms with E-state index in [2.05, 4.69) is 20.8 Å². The third-order valence-corrected chi connectivity index (χ3v) is 3.60. The minimum Gasteiger partial charge on any atom is -0.461 e. The molecule has 4 atom stereocenters. The molecule has 1 aliphatic rings. The molecule has 3 unspecified atom stereocenters. The standard InChI is InChI=1S/C13H25NO2/c1-8(2)11-6-5-9(3)7-12(11)16-13(15)10(4)14/h8-12H,5-7,14H2,1-4H3/t9?,10-,11?,12?/m1/s1. The summed E-state index contributed by atoms with van der Waals surface area (Å²) in [5.74, 6) is 1.46. The summed E-state index contributed by atoms with van der Waals surface area (Å²) in [6, 6.07) is -0.509. The lowest BCUT2D eigenvalue weighted by molar-refractivity contribution is -0.157. The van der Waals surface area contributed by atoms with Gasteiger partial charge in [-0.1, -0.05) is 27.2 Å². The van der Waals surface area contributed by atoms with Gasteiger partial charge in [0, 0.05) is 0 Å². The summed E-state index contributed by atoms with van der Waals surface area (Å²) in [5.41, 5.74) is 5.53. The van der Waals surface area contributed by atoms with Gasteiger partial charge < -0.3 is 10.5 Å². The molecule has 0 aliphatic heterocycles. The molecule has 1 fully saturated rings. The summed E-state index contributed by atoms with van der Waals surface area (Å²) < 4.78 is 5.53. The van der Waals surface area contributed by atoms with E-state index in [1.807, 2.05) is 0 Å². The summed E-state index contributed by atoms with van der Waals surface area (Å²) in [5, 5.41) is 0. The molecule has 0 saturated heterocycles. The number of carbonyl (C=O) groups excluding carboxylic acids is 1. The van der Waals surface area contributed by atoms with Crippen LogP contribution in [0.5, 0.6) is 0 Å². The molecule has 0 aromatic heterocycles. The van der Waals surface area contributed by atoms with Gasteiger partial charge in [-0.15, -0.1) is 0 Å². The van der Waals surface area contributed by atoms with Crippen LogP contribution in [0.3, 0.4) is 0 Å². The van der Waals surface area contributed by atoms with E-state index in [9.17, 15) is 4.79 Å². The molecule has 0 aromatic carbocycles. The Balaban J connectivity index is 2.61. The third-order valence-electron chi connectivity index (χ3n) is 3.60. The van der Waals surface area contributed by atoms with Gasteiger partial charge in [0.2, 0.25) is 0 Å². The molecule has 3 heteroatoms. The first-order chi connectivity index (χ1) is 7.41. The number of hydrogen-bond acceptors (Lipinski definition) is 3. The smallest absolute Gasteiger partial charge is 0.322 e. The maximum atomic E-state index is 11.5.